The van der Waals surface area contributed by atoms with Crippen LogP contribution in [0.25, 0.3) is 0 Å². The van der Waals surface area contributed by atoms with Crippen LogP contribution in [-0.2, 0) is 0 Å². The highest BCUT2D eigenvalue weighted by Gasteiger charge is 2.14. The van der Waals surface area contributed by atoms with Crippen molar-refractivity contribution < 1.29 is 0 Å². The minimum atomic E-state index is -0.00167. The minimum absolute atomic E-state index is 0.00167. The monoisotopic (exact) mass is 623 g/mol. The zero-order valence-corrected chi connectivity index (χ0v) is 29.3. The Morgan fingerprint density at radius 1 is 0.787 bits per heavy atom. The summed E-state index contributed by atoms with van der Waals surface area (Å²) in [5.74, 6) is 0. The molecule has 0 spiro atoms. The second-order valence-electron chi connectivity index (χ2n) is 11.3. The van der Waals surface area contributed by atoms with Crippen molar-refractivity contribution in [3.63, 3.8) is 0 Å². The first-order valence-electron chi connectivity index (χ1n) is 16.2. The van der Waals surface area contributed by atoms with Crippen LogP contribution >= 0.6 is 0 Å². The van der Waals surface area contributed by atoms with Crippen molar-refractivity contribution in [1.29, 1.82) is 0 Å². The molecule has 1 N–H and O–H groups in total. The Bertz CT molecular complexity index is 1600. The highest BCUT2D eigenvalue weighted by molar-refractivity contribution is 5.65. The number of hydrogen-bond acceptors (Lipinski definition) is 3. The second kappa shape index (κ2) is 20.7. The second-order valence-corrected chi connectivity index (χ2v) is 11.3. The predicted molar refractivity (Wildman–Crippen MR) is 210 cm³/mol. The fourth-order valence-corrected chi connectivity index (χ4v) is 4.78. The molecule has 0 aliphatic heterocycles. The van der Waals surface area contributed by atoms with Crippen LogP contribution in [0.15, 0.2) is 200 Å². The summed E-state index contributed by atoms with van der Waals surface area (Å²) in [7, 11) is 0. The summed E-state index contributed by atoms with van der Waals surface area (Å²) in [4.78, 5) is 4.37. The number of allylic oxidation sites excluding steroid dienone is 14. The lowest BCUT2D eigenvalue weighted by molar-refractivity contribution is 0.744. The lowest BCUT2D eigenvalue weighted by Gasteiger charge is -2.28. The van der Waals surface area contributed by atoms with Gasteiger partial charge in [-0.2, -0.15) is 0 Å². The van der Waals surface area contributed by atoms with Crippen molar-refractivity contribution in [3.8, 4) is 0 Å². The predicted octanol–water partition coefficient (Wildman–Crippen LogP) is 12.0. The Hall–Kier alpha value is -5.28. The molecular formula is C44H53N3. The van der Waals surface area contributed by atoms with Crippen molar-refractivity contribution >= 4 is 11.4 Å². The third kappa shape index (κ3) is 12.9. The van der Waals surface area contributed by atoms with Gasteiger partial charge in [-0.05, 0) is 113 Å². The Balaban J connectivity index is 2.36. The highest BCUT2D eigenvalue weighted by Crippen LogP contribution is 2.28. The number of nitrogens with zero attached hydrogens (tertiary/aromatic N) is 2. The maximum Gasteiger partial charge on any atom is 0.0464 e. The van der Waals surface area contributed by atoms with Gasteiger partial charge in [0.1, 0.15) is 0 Å². The maximum atomic E-state index is 4.38. The van der Waals surface area contributed by atoms with E-state index in [0.717, 1.165) is 46.3 Å². The topological polar surface area (TPSA) is 18.5 Å². The number of anilines is 2. The van der Waals surface area contributed by atoms with Crippen LogP contribution in [0.4, 0.5) is 11.4 Å². The molecule has 0 bridgehead atoms. The third-order valence-corrected chi connectivity index (χ3v) is 6.81. The van der Waals surface area contributed by atoms with E-state index in [-0.39, 0.29) is 6.04 Å². The average Bonchev–Trinajstić information content (AvgIpc) is 3.03. The maximum absolute atomic E-state index is 4.38. The van der Waals surface area contributed by atoms with Crippen LogP contribution in [0.1, 0.15) is 46.6 Å². The van der Waals surface area contributed by atoms with Gasteiger partial charge >= 0.3 is 0 Å². The number of para-hydroxylation sites is 1. The molecule has 3 nitrogen and oxygen atoms in total. The van der Waals surface area contributed by atoms with E-state index < -0.39 is 0 Å². The Labute approximate surface area is 285 Å². The van der Waals surface area contributed by atoms with Crippen molar-refractivity contribution in [3.05, 3.63) is 206 Å². The zero-order valence-electron chi connectivity index (χ0n) is 29.3. The van der Waals surface area contributed by atoms with Crippen LogP contribution in [0.2, 0.25) is 0 Å². The van der Waals surface area contributed by atoms with E-state index >= 15 is 0 Å². The van der Waals surface area contributed by atoms with Crippen LogP contribution in [-0.4, -0.2) is 6.04 Å². The van der Waals surface area contributed by atoms with Crippen LogP contribution in [0.5, 0.6) is 0 Å². The fourth-order valence-electron chi connectivity index (χ4n) is 4.78. The quantitative estimate of drug-likeness (QED) is 0.167. The van der Waals surface area contributed by atoms with Gasteiger partial charge in [0.05, 0.1) is 0 Å². The molecule has 0 heterocycles. The van der Waals surface area contributed by atoms with Gasteiger partial charge in [0.2, 0.25) is 0 Å². The first kappa shape index (κ1) is 37.9. The van der Waals surface area contributed by atoms with E-state index in [0.29, 0.717) is 0 Å². The van der Waals surface area contributed by atoms with Crippen molar-refractivity contribution in [2.75, 3.05) is 9.80 Å². The molecule has 0 aliphatic rings. The molecule has 1 atom stereocenters. The first-order chi connectivity index (χ1) is 22.6. The summed E-state index contributed by atoms with van der Waals surface area (Å²) in [6.45, 7) is 29.2. The molecule has 47 heavy (non-hydrogen) atoms. The summed E-state index contributed by atoms with van der Waals surface area (Å²) in [6.07, 6.45) is 29.4. The molecule has 3 heteroatoms. The van der Waals surface area contributed by atoms with E-state index in [1.807, 2.05) is 67.7 Å². The summed E-state index contributed by atoms with van der Waals surface area (Å²) in [5.41, 5.74) is 9.17. The fraction of sp³-hybridized carbons (Fsp3) is 0.182. The normalized spacial score (nSPS) is 13.3. The van der Waals surface area contributed by atoms with Gasteiger partial charge in [-0.3, -0.25) is 0 Å². The van der Waals surface area contributed by atoms with Crippen LogP contribution in [0.3, 0.4) is 0 Å². The number of benzene rings is 2. The summed E-state index contributed by atoms with van der Waals surface area (Å²) in [6, 6.07) is 18.7. The lowest BCUT2D eigenvalue weighted by Crippen LogP contribution is -2.24. The molecule has 0 aliphatic carbocycles. The van der Waals surface area contributed by atoms with Crippen molar-refractivity contribution in [2.24, 2.45) is 0 Å². The molecule has 2 rings (SSSR count). The van der Waals surface area contributed by atoms with E-state index in [1.54, 1.807) is 6.08 Å². The van der Waals surface area contributed by atoms with Gasteiger partial charge in [0.25, 0.3) is 0 Å². The molecule has 0 aromatic heterocycles. The number of rotatable bonds is 18. The Morgan fingerprint density at radius 3 is 2.04 bits per heavy atom. The third-order valence-electron chi connectivity index (χ3n) is 6.81. The van der Waals surface area contributed by atoms with E-state index in [1.165, 1.54) is 11.1 Å². The van der Waals surface area contributed by atoms with E-state index in [4.69, 9.17) is 0 Å². The summed E-state index contributed by atoms with van der Waals surface area (Å²) in [5, 5.41) is 3.52. The minimum Gasteiger partial charge on any atom is -0.380 e. The largest absolute Gasteiger partial charge is 0.380 e. The molecule has 0 radical (unpaired) electrons. The van der Waals surface area contributed by atoms with Crippen LogP contribution in [0, 0.1) is 6.92 Å². The van der Waals surface area contributed by atoms with Gasteiger partial charge in [-0.25, -0.2) is 0 Å². The van der Waals surface area contributed by atoms with Gasteiger partial charge in [-0.15, -0.1) is 0 Å². The first-order valence-corrected chi connectivity index (χ1v) is 16.2. The van der Waals surface area contributed by atoms with E-state index in [2.05, 4.69) is 149 Å². The number of aryl methyl sites for hydroxylation is 1. The number of nitrogens with one attached hydrogen (secondary N) is 1. The summed E-state index contributed by atoms with van der Waals surface area (Å²) < 4.78 is 0. The molecule has 0 saturated heterocycles. The molecule has 0 fully saturated rings. The molecule has 2 aromatic carbocycles. The molecular weight excluding hydrogens is 571 g/mol. The van der Waals surface area contributed by atoms with Crippen molar-refractivity contribution in [1.82, 2.24) is 5.32 Å². The smallest absolute Gasteiger partial charge is 0.0464 e. The lowest BCUT2D eigenvalue weighted by atomic mass is 10.1. The molecule has 1 unspecified atom stereocenters. The SMILES string of the molecule is C=C/C=C(\C=C/C(C)NC(=C)/C=C\C(=C/CC)N(C(/C=C\C)=C/C=C)c1cccc(C)c1)N(C(=C)/C=C\C=C(C)C)c1ccccc1. The van der Waals surface area contributed by atoms with E-state index in [9.17, 15) is 0 Å². The van der Waals surface area contributed by atoms with Crippen LogP contribution < -0.4 is 15.1 Å². The Morgan fingerprint density at radius 2 is 1.45 bits per heavy atom. The standard InChI is InChI=1S/C44H53N3/c1-11-20-40(21-12-2)47(44-29-19-25-36(7)34-44)42(23-14-4)33-31-38(9)45-37(8)30-32-41(22-13-3)46(43-27-16-15-17-28-43)39(10)26-18-24-35(5)6/h11-13,15-34,37,45H,1,3,9-10,14H2,2,4-8H3/b21-12-,26-18-,32-30-,33-31-,40-20+,41-22+,42-23+. The van der Waals surface area contributed by atoms with Gasteiger partial charge in [-0.1, -0.05) is 112 Å². The molecule has 0 amide bonds. The molecule has 0 saturated carbocycles. The van der Waals surface area contributed by atoms with Gasteiger partial charge in [0.15, 0.2) is 0 Å². The highest BCUT2D eigenvalue weighted by atomic mass is 15.2. The van der Waals surface area contributed by atoms with Crippen molar-refractivity contribution in [2.45, 2.75) is 54.0 Å². The zero-order chi connectivity index (χ0) is 34.6. The summed E-state index contributed by atoms with van der Waals surface area (Å²) >= 11 is 0. The van der Waals surface area contributed by atoms with Gasteiger partial charge in [0, 0.05) is 45.9 Å². The van der Waals surface area contributed by atoms with Gasteiger partial charge < -0.3 is 15.1 Å². The average molecular weight is 624 g/mol. The molecule has 2 aromatic rings. The number of hydrogen-bond donors (Lipinski definition) is 1. The Kier molecular flexibility index (Phi) is 16.7. The molecule has 244 valence electrons.